The predicted molar refractivity (Wildman–Crippen MR) is 91.1 cm³/mol. The van der Waals surface area contributed by atoms with Crippen LogP contribution in [0.25, 0.3) is 22.2 Å². The van der Waals surface area contributed by atoms with E-state index in [1.165, 1.54) is 12.1 Å². The monoisotopic (exact) mass is 310 g/mol. The third-order valence-corrected chi connectivity index (χ3v) is 3.97. The van der Waals surface area contributed by atoms with Crippen LogP contribution in [0.4, 0.5) is 4.39 Å². The maximum atomic E-state index is 13.1. The van der Waals surface area contributed by atoms with E-state index >= 15 is 0 Å². The third kappa shape index (κ3) is 2.61. The Kier molecular flexibility index (Phi) is 4.15. The maximum absolute atomic E-state index is 13.1. The molecule has 1 aliphatic rings. The standard InChI is InChI=1S/C17H13FN2O.C2H6/c18-11-6-4-10(5-7-11)16-12-8-9-19-17(21)13-2-1-3-14(20-16)15(12)13;1-2/h1-7,20H,8-9H2,(H,19,21);1-2H3. The molecule has 0 unspecified atom stereocenters. The summed E-state index contributed by atoms with van der Waals surface area (Å²) in [6, 6.07) is 12.1. The largest absolute Gasteiger partial charge is 0.354 e. The Morgan fingerprint density at radius 2 is 1.78 bits per heavy atom. The summed E-state index contributed by atoms with van der Waals surface area (Å²) in [6.07, 6.45) is 0.759. The first-order valence-corrected chi connectivity index (χ1v) is 7.92. The van der Waals surface area contributed by atoms with Gasteiger partial charge in [-0.3, -0.25) is 4.79 Å². The summed E-state index contributed by atoms with van der Waals surface area (Å²) in [5.41, 5.74) is 4.66. The second-order valence-electron chi connectivity index (χ2n) is 5.22. The molecule has 0 bridgehead atoms. The van der Waals surface area contributed by atoms with Crippen LogP contribution in [-0.2, 0) is 6.42 Å². The molecule has 0 spiro atoms. The molecule has 3 nitrogen and oxygen atoms in total. The van der Waals surface area contributed by atoms with Crippen molar-refractivity contribution in [2.75, 3.05) is 6.54 Å². The topological polar surface area (TPSA) is 44.9 Å². The van der Waals surface area contributed by atoms with Gasteiger partial charge in [-0.1, -0.05) is 19.9 Å². The molecule has 1 aliphatic heterocycles. The highest BCUT2D eigenvalue weighted by molar-refractivity contribution is 6.10. The summed E-state index contributed by atoms with van der Waals surface area (Å²) in [4.78, 5) is 15.5. The van der Waals surface area contributed by atoms with Gasteiger partial charge in [0.1, 0.15) is 5.82 Å². The van der Waals surface area contributed by atoms with Gasteiger partial charge < -0.3 is 10.3 Å². The normalized spacial score (nSPS) is 13.1. The fourth-order valence-electron chi connectivity index (χ4n) is 3.02. The van der Waals surface area contributed by atoms with E-state index in [2.05, 4.69) is 10.3 Å². The molecule has 1 amide bonds. The van der Waals surface area contributed by atoms with E-state index < -0.39 is 0 Å². The second-order valence-corrected chi connectivity index (χ2v) is 5.22. The lowest BCUT2D eigenvalue weighted by Gasteiger charge is -2.03. The Morgan fingerprint density at radius 3 is 2.52 bits per heavy atom. The van der Waals surface area contributed by atoms with E-state index in [0.717, 1.165) is 34.1 Å². The quantitative estimate of drug-likeness (QED) is 0.692. The number of aromatic nitrogens is 1. The van der Waals surface area contributed by atoms with Crippen molar-refractivity contribution in [2.45, 2.75) is 20.3 Å². The van der Waals surface area contributed by atoms with E-state index in [4.69, 9.17) is 0 Å². The predicted octanol–water partition coefficient (Wildman–Crippen LogP) is 4.29. The lowest BCUT2D eigenvalue weighted by atomic mass is 10.0. The molecule has 2 aromatic carbocycles. The van der Waals surface area contributed by atoms with Crippen LogP contribution in [0.5, 0.6) is 0 Å². The molecule has 1 aromatic heterocycles. The number of rotatable bonds is 1. The summed E-state index contributed by atoms with van der Waals surface area (Å²) in [5.74, 6) is -0.290. The molecule has 0 saturated heterocycles. The van der Waals surface area contributed by atoms with Crippen molar-refractivity contribution in [1.82, 2.24) is 10.3 Å². The van der Waals surface area contributed by atoms with Crippen LogP contribution in [0.15, 0.2) is 42.5 Å². The first kappa shape index (κ1) is 15.3. The van der Waals surface area contributed by atoms with Gasteiger partial charge in [-0.05, 0) is 53.9 Å². The minimum absolute atomic E-state index is 0.0380. The number of carbonyl (C=O) groups excluding carboxylic acids is 1. The summed E-state index contributed by atoms with van der Waals surface area (Å²) in [5, 5.41) is 3.89. The number of aromatic amines is 1. The van der Waals surface area contributed by atoms with Crippen molar-refractivity contribution in [2.24, 2.45) is 0 Å². The van der Waals surface area contributed by atoms with Gasteiger partial charge in [0.05, 0.1) is 0 Å². The fourth-order valence-corrected chi connectivity index (χ4v) is 3.02. The zero-order valence-electron chi connectivity index (χ0n) is 13.2. The summed E-state index contributed by atoms with van der Waals surface area (Å²) >= 11 is 0. The number of benzene rings is 2. The first-order valence-electron chi connectivity index (χ1n) is 7.92. The molecule has 4 heteroatoms. The highest BCUT2D eigenvalue weighted by atomic mass is 19.1. The number of hydrogen-bond donors (Lipinski definition) is 2. The first-order chi connectivity index (χ1) is 11.2. The van der Waals surface area contributed by atoms with Gasteiger partial charge in [-0.15, -0.1) is 0 Å². The molecule has 2 heterocycles. The van der Waals surface area contributed by atoms with E-state index in [0.29, 0.717) is 12.1 Å². The highest BCUT2D eigenvalue weighted by Gasteiger charge is 2.21. The SMILES string of the molecule is CC.O=C1NCCc2c(-c3ccc(F)cc3)[nH]c3cccc1c23. The molecule has 118 valence electrons. The van der Waals surface area contributed by atoms with Crippen LogP contribution in [0.3, 0.4) is 0 Å². The summed E-state index contributed by atoms with van der Waals surface area (Å²) in [7, 11) is 0. The summed E-state index contributed by atoms with van der Waals surface area (Å²) in [6.45, 7) is 4.61. The van der Waals surface area contributed by atoms with Crippen molar-refractivity contribution in [3.63, 3.8) is 0 Å². The number of nitrogens with one attached hydrogen (secondary N) is 2. The number of amides is 1. The molecular formula is C19H19FN2O. The molecule has 0 saturated carbocycles. The highest BCUT2D eigenvalue weighted by Crippen LogP contribution is 2.33. The van der Waals surface area contributed by atoms with E-state index in [1.807, 2.05) is 32.0 Å². The van der Waals surface area contributed by atoms with Crippen molar-refractivity contribution < 1.29 is 9.18 Å². The van der Waals surface area contributed by atoms with E-state index in [-0.39, 0.29) is 11.7 Å². The minimum Gasteiger partial charge on any atom is -0.354 e. The Balaban J connectivity index is 0.000000753. The van der Waals surface area contributed by atoms with E-state index in [9.17, 15) is 9.18 Å². The second kappa shape index (κ2) is 6.24. The lowest BCUT2D eigenvalue weighted by Crippen LogP contribution is -2.23. The lowest BCUT2D eigenvalue weighted by molar-refractivity contribution is 0.0957. The van der Waals surface area contributed by atoms with Gasteiger partial charge in [0.2, 0.25) is 0 Å². The minimum atomic E-state index is -0.252. The maximum Gasteiger partial charge on any atom is 0.251 e. The average Bonchev–Trinajstić information content (AvgIpc) is 2.87. The molecule has 4 rings (SSSR count). The van der Waals surface area contributed by atoms with E-state index in [1.54, 1.807) is 12.1 Å². The molecule has 0 fully saturated rings. The molecule has 2 N–H and O–H groups in total. The smallest absolute Gasteiger partial charge is 0.251 e. The molecule has 3 aromatic rings. The van der Waals surface area contributed by atoms with Crippen LogP contribution in [-0.4, -0.2) is 17.4 Å². The third-order valence-electron chi connectivity index (χ3n) is 3.97. The van der Waals surface area contributed by atoms with Crippen LogP contribution in [0, 0.1) is 5.82 Å². The van der Waals surface area contributed by atoms with Crippen molar-refractivity contribution in [3.8, 4) is 11.3 Å². The Bertz CT molecular complexity index is 850. The van der Waals surface area contributed by atoms with Gasteiger partial charge in [0.25, 0.3) is 5.91 Å². The molecule has 0 aliphatic carbocycles. The summed E-state index contributed by atoms with van der Waals surface area (Å²) < 4.78 is 13.1. The zero-order chi connectivity index (χ0) is 16.4. The van der Waals surface area contributed by atoms with Crippen LogP contribution in [0.1, 0.15) is 29.8 Å². The number of hydrogen-bond acceptors (Lipinski definition) is 1. The average molecular weight is 310 g/mol. The molecule has 0 atom stereocenters. The van der Waals surface area contributed by atoms with Crippen molar-refractivity contribution >= 4 is 16.8 Å². The van der Waals surface area contributed by atoms with Gasteiger partial charge >= 0.3 is 0 Å². The Hall–Kier alpha value is -2.62. The van der Waals surface area contributed by atoms with Crippen molar-refractivity contribution in [3.05, 3.63) is 59.4 Å². The Morgan fingerprint density at radius 1 is 1.04 bits per heavy atom. The zero-order valence-corrected chi connectivity index (χ0v) is 13.2. The fraction of sp³-hybridized carbons (Fsp3) is 0.211. The Labute approximate surface area is 134 Å². The number of H-pyrrole nitrogens is 1. The van der Waals surface area contributed by atoms with Crippen molar-refractivity contribution in [1.29, 1.82) is 0 Å². The molecular weight excluding hydrogens is 291 g/mol. The number of carbonyl (C=O) groups is 1. The molecule has 0 radical (unpaired) electrons. The molecule has 23 heavy (non-hydrogen) atoms. The van der Waals surface area contributed by atoms with Gasteiger partial charge in [0.15, 0.2) is 0 Å². The van der Waals surface area contributed by atoms with Crippen LogP contribution < -0.4 is 5.32 Å². The van der Waals surface area contributed by atoms with Crippen LogP contribution >= 0.6 is 0 Å². The van der Waals surface area contributed by atoms with Crippen LogP contribution in [0.2, 0.25) is 0 Å². The van der Waals surface area contributed by atoms with Gasteiger partial charge in [0, 0.05) is 28.7 Å². The number of halogens is 1. The van der Waals surface area contributed by atoms with Gasteiger partial charge in [-0.25, -0.2) is 4.39 Å². The van der Waals surface area contributed by atoms with Gasteiger partial charge in [-0.2, -0.15) is 0 Å².